The van der Waals surface area contributed by atoms with Crippen LogP contribution in [0.25, 0.3) is 0 Å². The summed E-state index contributed by atoms with van der Waals surface area (Å²) in [5.41, 5.74) is 1.21. The molecule has 2 rings (SSSR count). The SMILES string of the molecule is CCCCCCCCCCCCCCCCC[C@@H](C[C@H]1OC(=O)[C@@H]1CC)OCc1ccccc1. The fraction of sp³-hybridized carbons (Fsp3) is 0.774. The number of hydrogen-bond donors (Lipinski definition) is 0. The van der Waals surface area contributed by atoms with E-state index in [4.69, 9.17) is 9.47 Å². The summed E-state index contributed by atoms with van der Waals surface area (Å²) in [5.74, 6) is 0.0465. The second kappa shape index (κ2) is 18.9. The minimum absolute atomic E-state index is 0.0266. The Bertz CT molecular complexity index is 614. The molecule has 1 aromatic rings. The van der Waals surface area contributed by atoms with E-state index >= 15 is 0 Å². The number of carbonyl (C=O) groups is 1. The predicted molar refractivity (Wildman–Crippen MR) is 143 cm³/mol. The first kappa shape index (κ1) is 28.9. The standard InChI is InChI=1S/C31H52O3/c1-3-5-6-7-8-9-10-11-12-13-14-15-16-17-21-24-28(25-30-29(4-2)31(32)34-30)33-26-27-22-19-18-20-23-27/h18-20,22-23,28-30H,3-17,21,24-26H2,1-2H3/t28-,29+,30+/m0/s1. The number of hydrogen-bond acceptors (Lipinski definition) is 3. The topological polar surface area (TPSA) is 35.5 Å². The minimum Gasteiger partial charge on any atom is -0.461 e. The molecule has 34 heavy (non-hydrogen) atoms. The molecule has 0 bridgehead atoms. The second-order valence-electron chi connectivity index (χ2n) is 10.4. The molecule has 1 aliphatic rings. The molecule has 0 aliphatic carbocycles. The lowest BCUT2D eigenvalue weighted by Crippen LogP contribution is -2.46. The van der Waals surface area contributed by atoms with Gasteiger partial charge in [0.25, 0.3) is 0 Å². The Morgan fingerprint density at radius 1 is 0.765 bits per heavy atom. The van der Waals surface area contributed by atoms with Crippen LogP contribution in [0.4, 0.5) is 0 Å². The molecule has 0 unspecified atom stereocenters. The zero-order valence-electron chi connectivity index (χ0n) is 22.3. The van der Waals surface area contributed by atoms with E-state index in [1.165, 1.54) is 102 Å². The zero-order chi connectivity index (χ0) is 24.3. The van der Waals surface area contributed by atoms with Crippen molar-refractivity contribution in [1.82, 2.24) is 0 Å². The maximum Gasteiger partial charge on any atom is 0.313 e. The van der Waals surface area contributed by atoms with Gasteiger partial charge in [-0.1, -0.05) is 140 Å². The summed E-state index contributed by atoms with van der Waals surface area (Å²) in [6.45, 7) is 5.00. The molecule has 3 atom stereocenters. The van der Waals surface area contributed by atoms with Gasteiger partial charge in [0.15, 0.2) is 0 Å². The van der Waals surface area contributed by atoms with Gasteiger partial charge in [0.2, 0.25) is 0 Å². The van der Waals surface area contributed by atoms with Crippen molar-refractivity contribution in [2.75, 3.05) is 0 Å². The predicted octanol–water partition coefficient (Wildman–Crippen LogP) is 9.18. The van der Waals surface area contributed by atoms with Crippen molar-refractivity contribution in [3.63, 3.8) is 0 Å². The molecule has 194 valence electrons. The number of unbranched alkanes of at least 4 members (excludes halogenated alkanes) is 14. The van der Waals surface area contributed by atoms with Gasteiger partial charge in [0, 0.05) is 6.42 Å². The zero-order valence-corrected chi connectivity index (χ0v) is 22.3. The van der Waals surface area contributed by atoms with Crippen molar-refractivity contribution in [3.05, 3.63) is 35.9 Å². The molecule has 0 saturated carbocycles. The quantitative estimate of drug-likeness (QED) is 0.125. The van der Waals surface area contributed by atoms with Gasteiger partial charge < -0.3 is 9.47 Å². The lowest BCUT2D eigenvalue weighted by Gasteiger charge is -2.36. The van der Waals surface area contributed by atoms with E-state index in [0.717, 1.165) is 19.3 Å². The first-order valence-corrected chi connectivity index (χ1v) is 14.6. The fourth-order valence-corrected chi connectivity index (χ4v) is 5.10. The van der Waals surface area contributed by atoms with Gasteiger partial charge in [-0.05, 0) is 18.4 Å². The molecule has 0 aromatic heterocycles. The first-order chi connectivity index (χ1) is 16.7. The van der Waals surface area contributed by atoms with E-state index < -0.39 is 0 Å². The monoisotopic (exact) mass is 472 g/mol. The lowest BCUT2D eigenvalue weighted by molar-refractivity contribution is -0.189. The summed E-state index contributed by atoms with van der Waals surface area (Å²) < 4.78 is 11.7. The number of rotatable bonds is 22. The highest BCUT2D eigenvalue weighted by atomic mass is 16.6. The smallest absolute Gasteiger partial charge is 0.313 e. The van der Waals surface area contributed by atoms with Crippen LogP contribution in [0.2, 0.25) is 0 Å². The number of esters is 1. The minimum atomic E-state index is -0.0266. The van der Waals surface area contributed by atoms with Gasteiger partial charge in [-0.2, -0.15) is 0 Å². The van der Waals surface area contributed by atoms with Gasteiger partial charge >= 0.3 is 5.97 Å². The molecule has 0 spiro atoms. The van der Waals surface area contributed by atoms with Gasteiger partial charge in [-0.15, -0.1) is 0 Å². The molecule has 1 fully saturated rings. The third-order valence-corrected chi connectivity index (χ3v) is 7.41. The van der Waals surface area contributed by atoms with E-state index in [2.05, 4.69) is 38.1 Å². The number of benzene rings is 1. The van der Waals surface area contributed by atoms with Crippen LogP contribution in [-0.2, 0) is 20.9 Å². The molecule has 1 aliphatic heterocycles. The van der Waals surface area contributed by atoms with E-state index in [1.807, 2.05) is 6.07 Å². The molecular weight excluding hydrogens is 420 g/mol. The molecule has 1 aromatic carbocycles. The van der Waals surface area contributed by atoms with Crippen molar-refractivity contribution in [2.24, 2.45) is 5.92 Å². The van der Waals surface area contributed by atoms with Crippen molar-refractivity contribution < 1.29 is 14.3 Å². The molecule has 1 heterocycles. The second-order valence-corrected chi connectivity index (χ2v) is 10.4. The van der Waals surface area contributed by atoms with Crippen LogP contribution in [-0.4, -0.2) is 18.2 Å². The van der Waals surface area contributed by atoms with Gasteiger partial charge in [0.1, 0.15) is 6.10 Å². The number of cyclic esters (lactones) is 1. The van der Waals surface area contributed by atoms with E-state index in [0.29, 0.717) is 6.61 Å². The van der Waals surface area contributed by atoms with Gasteiger partial charge in [-0.3, -0.25) is 4.79 Å². The molecular formula is C31H52O3. The summed E-state index contributed by atoms with van der Waals surface area (Å²) in [4.78, 5) is 11.7. The van der Waals surface area contributed by atoms with Crippen LogP contribution in [0, 0.1) is 5.92 Å². The molecule has 0 N–H and O–H groups in total. The van der Waals surface area contributed by atoms with Crippen LogP contribution in [0.3, 0.4) is 0 Å². The molecule has 3 nitrogen and oxygen atoms in total. The molecule has 0 amide bonds. The summed E-state index contributed by atoms with van der Waals surface area (Å²) in [6.07, 6.45) is 23.8. The average Bonchev–Trinajstić information content (AvgIpc) is 2.85. The van der Waals surface area contributed by atoms with E-state index in [1.54, 1.807) is 0 Å². The van der Waals surface area contributed by atoms with Gasteiger partial charge in [0.05, 0.1) is 18.6 Å². The van der Waals surface area contributed by atoms with Crippen molar-refractivity contribution in [3.8, 4) is 0 Å². The largest absolute Gasteiger partial charge is 0.461 e. The Balaban J connectivity index is 1.50. The van der Waals surface area contributed by atoms with Crippen LogP contribution < -0.4 is 0 Å². The summed E-state index contributed by atoms with van der Waals surface area (Å²) in [7, 11) is 0. The van der Waals surface area contributed by atoms with Gasteiger partial charge in [-0.25, -0.2) is 0 Å². The normalized spacial score (nSPS) is 18.5. The molecule has 3 heteroatoms. The first-order valence-electron chi connectivity index (χ1n) is 14.6. The van der Waals surface area contributed by atoms with Crippen molar-refractivity contribution >= 4 is 5.97 Å². The number of carbonyl (C=O) groups excluding carboxylic acids is 1. The summed E-state index contributed by atoms with van der Waals surface area (Å²) >= 11 is 0. The van der Waals surface area contributed by atoms with Crippen LogP contribution in [0.5, 0.6) is 0 Å². The molecule has 0 radical (unpaired) electrons. The highest BCUT2D eigenvalue weighted by Crippen LogP contribution is 2.31. The van der Waals surface area contributed by atoms with Crippen molar-refractivity contribution in [2.45, 2.75) is 148 Å². The Morgan fingerprint density at radius 2 is 1.29 bits per heavy atom. The van der Waals surface area contributed by atoms with Crippen LogP contribution >= 0.6 is 0 Å². The average molecular weight is 473 g/mol. The van der Waals surface area contributed by atoms with Crippen LogP contribution in [0.15, 0.2) is 30.3 Å². The summed E-state index contributed by atoms with van der Waals surface area (Å²) in [6, 6.07) is 10.4. The van der Waals surface area contributed by atoms with Crippen molar-refractivity contribution in [1.29, 1.82) is 0 Å². The third kappa shape index (κ3) is 12.4. The third-order valence-electron chi connectivity index (χ3n) is 7.41. The highest BCUT2D eigenvalue weighted by Gasteiger charge is 2.41. The Hall–Kier alpha value is -1.35. The number of ether oxygens (including phenoxy) is 2. The maximum absolute atomic E-state index is 11.7. The van der Waals surface area contributed by atoms with E-state index in [9.17, 15) is 4.79 Å². The summed E-state index contributed by atoms with van der Waals surface area (Å²) in [5, 5.41) is 0. The fourth-order valence-electron chi connectivity index (χ4n) is 5.10. The Morgan fingerprint density at radius 3 is 1.79 bits per heavy atom. The molecule has 1 saturated heterocycles. The maximum atomic E-state index is 11.7. The Labute approximate surface area is 210 Å². The highest BCUT2D eigenvalue weighted by molar-refractivity contribution is 5.78. The lowest BCUT2D eigenvalue weighted by atomic mass is 9.89. The Kier molecular flexibility index (Phi) is 16.1. The van der Waals surface area contributed by atoms with E-state index in [-0.39, 0.29) is 24.1 Å². The van der Waals surface area contributed by atoms with Crippen LogP contribution in [0.1, 0.15) is 135 Å².